The minimum Gasteiger partial charge on any atom is -0.312 e. The van der Waals surface area contributed by atoms with Crippen molar-refractivity contribution in [3.63, 3.8) is 0 Å². The van der Waals surface area contributed by atoms with Gasteiger partial charge in [0, 0.05) is 117 Å². The van der Waals surface area contributed by atoms with E-state index in [4.69, 9.17) is 0 Å². The Morgan fingerprint density at radius 2 is 0.750 bits per heavy atom. The first-order valence-electron chi connectivity index (χ1n) is 12.9. The number of hydrogen-bond donors (Lipinski definition) is 1. The van der Waals surface area contributed by atoms with Gasteiger partial charge in [0.25, 0.3) is 0 Å². The summed E-state index contributed by atoms with van der Waals surface area (Å²) in [6, 6.07) is 0.524. The molecule has 2 bridgehead atoms. The molecule has 8 heteroatoms. The van der Waals surface area contributed by atoms with Crippen LogP contribution in [0.1, 0.15) is 6.92 Å². The van der Waals surface area contributed by atoms with E-state index < -0.39 is 0 Å². The molecular formula is C24H54N8. The second-order valence-corrected chi connectivity index (χ2v) is 10.5. The molecule has 0 amide bonds. The summed E-state index contributed by atoms with van der Waals surface area (Å²) < 4.78 is 0. The van der Waals surface area contributed by atoms with Crippen LogP contribution in [0, 0.1) is 0 Å². The van der Waals surface area contributed by atoms with Crippen LogP contribution in [0.5, 0.6) is 0 Å². The Labute approximate surface area is 199 Å². The van der Waals surface area contributed by atoms with E-state index in [9.17, 15) is 0 Å². The molecule has 0 spiro atoms. The number of likely N-dealkylation sites (N-methyl/N-ethyl adjacent to an activating group) is 5. The van der Waals surface area contributed by atoms with Crippen molar-refractivity contribution in [1.82, 2.24) is 39.6 Å². The average molecular weight is 455 g/mol. The third-order valence-electron chi connectivity index (χ3n) is 7.22. The molecule has 0 aromatic heterocycles. The van der Waals surface area contributed by atoms with Crippen molar-refractivity contribution in [2.45, 2.75) is 13.0 Å². The number of nitrogens with one attached hydrogen (secondary N) is 1. The Bertz CT molecular complexity index is 451. The lowest BCUT2D eigenvalue weighted by atomic mass is 10.3. The fourth-order valence-corrected chi connectivity index (χ4v) is 4.45. The maximum Gasteiger partial charge on any atom is 0.0167 e. The van der Waals surface area contributed by atoms with E-state index >= 15 is 0 Å². The maximum atomic E-state index is 3.78. The molecule has 3 rings (SSSR count). The fourth-order valence-electron chi connectivity index (χ4n) is 4.45. The first-order valence-corrected chi connectivity index (χ1v) is 12.9. The highest BCUT2D eigenvalue weighted by Crippen LogP contribution is 2.00. The number of rotatable bonds is 0. The number of nitrogens with zero attached hydrogens (tertiary/aromatic N) is 7. The number of fused-ring (bicyclic) bond motifs is 21. The summed E-state index contributed by atoms with van der Waals surface area (Å²) in [6.45, 7) is 21.7. The van der Waals surface area contributed by atoms with Gasteiger partial charge in [-0.3, -0.25) is 9.80 Å². The summed E-state index contributed by atoms with van der Waals surface area (Å²) in [7, 11) is 11.4. The summed E-state index contributed by atoms with van der Waals surface area (Å²) in [5, 5.41) is 3.78. The molecule has 0 saturated carbocycles. The van der Waals surface area contributed by atoms with Gasteiger partial charge in [0.1, 0.15) is 0 Å². The standard InChI is InChI=1S/C24H54N8/c1-24-23-30(6)17-22-32-20-15-28(4)11-9-26(2)13-18-31(8-7-25-24)19-14-27(3)10-12-29(5)16-21-32/h24-25H,7-23H2,1-6H3. The zero-order valence-electron chi connectivity index (χ0n) is 22.2. The van der Waals surface area contributed by atoms with Gasteiger partial charge in [0.15, 0.2) is 0 Å². The summed E-state index contributed by atoms with van der Waals surface area (Å²) in [5.41, 5.74) is 0. The molecule has 0 radical (unpaired) electrons. The van der Waals surface area contributed by atoms with Crippen LogP contribution in [0.15, 0.2) is 0 Å². The van der Waals surface area contributed by atoms with Gasteiger partial charge in [-0.25, -0.2) is 0 Å². The van der Waals surface area contributed by atoms with Gasteiger partial charge in [-0.1, -0.05) is 0 Å². The molecule has 3 fully saturated rings. The lowest BCUT2D eigenvalue weighted by Gasteiger charge is -2.33. The zero-order valence-corrected chi connectivity index (χ0v) is 22.2. The molecule has 190 valence electrons. The van der Waals surface area contributed by atoms with E-state index in [-0.39, 0.29) is 0 Å². The van der Waals surface area contributed by atoms with Crippen molar-refractivity contribution in [3.05, 3.63) is 0 Å². The van der Waals surface area contributed by atoms with Gasteiger partial charge in [-0.15, -0.1) is 0 Å². The molecule has 8 nitrogen and oxygen atoms in total. The SMILES string of the molecule is CC1CN(C)CCN2CCN(C)CCN(C)CCN(CCN1)CCN(C)CCN(C)CC2. The van der Waals surface area contributed by atoms with Crippen molar-refractivity contribution < 1.29 is 0 Å². The van der Waals surface area contributed by atoms with E-state index in [1.807, 2.05) is 0 Å². The topological polar surface area (TPSA) is 34.7 Å². The van der Waals surface area contributed by atoms with E-state index in [1.54, 1.807) is 0 Å². The summed E-state index contributed by atoms with van der Waals surface area (Å²) in [5.74, 6) is 0. The van der Waals surface area contributed by atoms with Crippen LogP contribution >= 0.6 is 0 Å². The molecule has 0 aromatic carbocycles. The minimum absolute atomic E-state index is 0.524. The van der Waals surface area contributed by atoms with Gasteiger partial charge < -0.3 is 29.8 Å². The molecule has 32 heavy (non-hydrogen) atoms. The summed E-state index contributed by atoms with van der Waals surface area (Å²) in [4.78, 5) is 17.9. The molecule has 1 unspecified atom stereocenters. The molecule has 0 aliphatic carbocycles. The first kappa shape index (κ1) is 27.9. The highest BCUT2D eigenvalue weighted by atomic mass is 15.3. The average Bonchev–Trinajstić information content (AvgIpc) is 2.75. The van der Waals surface area contributed by atoms with Gasteiger partial charge in [0.05, 0.1) is 0 Å². The molecule has 3 aliphatic heterocycles. The van der Waals surface area contributed by atoms with Crippen LogP contribution < -0.4 is 5.32 Å². The Hall–Kier alpha value is -0.320. The van der Waals surface area contributed by atoms with Crippen molar-refractivity contribution in [3.8, 4) is 0 Å². The monoisotopic (exact) mass is 454 g/mol. The van der Waals surface area contributed by atoms with Gasteiger partial charge in [-0.05, 0) is 42.2 Å². The zero-order chi connectivity index (χ0) is 23.3. The van der Waals surface area contributed by atoms with E-state index in [0.29, 0.717) is 6.04 Å². The quantitative estimate of drug-likeness (QED) is 0.513. The largest absolute Gasteiger partial charge is 0.312 e. The molecule has 1 N–H and O–H groups in total. The first-order chi connectivity index (χ1) is 15.3. The van der Waals surface area contributed by atoms with Crippen molar-refractivity contribution in [2.24, 2.45) is 0 Å². The Balaban J connectivity index is 2.13. The van der Waals surface area contributed by atoms with Crippen LogP contribution in [0.4, 0.5) is 0 Å². The second-order valence-electron chi connectivity index (χ2n) is 10.5. The van der Waals surface area contributed by atoms with E-state index in [2.05, 4.69) is 81.8 Å². The molecule has 0 aromatic rings. The lowest BCUT2D eigenvalue weighted by molar-refractivity contribution is 0.150. The third-order valence-corrected chi connectivity index (χ3v) is 7.22. The van der Waals surface area contributed by atoms with Gasteiger partial charge >= 0.3 is 0 Å². The van der Waals surface area contributed by atoms with Crippen LogP contribution in [0.2, 0.25) is 0 Å². The highest BCUT2D eigenvalue weighted by Gasteiger charge is 2.15. The highest BCUT2D eigenvalue weighted by molar-refractivity contribution is 4.73. The Kier molecular flexibility index (Phi) is 13.6. The second kappa shape index (κ2) is 15.6. The predicted octanol–water partition coefficient (Wildman–Crippen LogP) is -0.745. The Morgan fingerprint density at radius 3 is 1.16 bits per heavy atom. The van der Waals surface area contributed by atoms with E-state index in [0.717, 1.165) is 111 Å². The van der Waals surface area contributed by atoms with Crippen molar-refractivity contribution >= 4 is 0 Å². The molecule has 3 saturated heterocycles. The predicted molar refractivity (Wildman–Crippen MR) is 138 cm³/mol. The third kappa shape index (κ3) is 12.2. The van der Waals surface area contributed by atoms with Gasteiger partial charge in [0.2, 0.25) is 0 Å². The van der Waals surface area contributed by atoms with Crippen LogP contribution in [0.25, 0.3) is 0 Å². The smallest absolute Gasteiger partial charge is 0.0167 e. The van der Waals surface area contributed by atoms with E-state index in [1.165, 1.54) is 0 Å². The van der Waals surface area contributed by atoms with Crippen molar-refractivity contribution in [2.75, 3.05) is 146 Å². The molecule has 3 heterocycles. The van der Waals surface area contributed by atoms with Crippen molar-refractivity contribution in [1.29, 1.82) is 0 Å². The Morgan fingerprint density at radius 1 is 0.438 bits per heavy atom. The van der Waals surface area contributed by atoms with Crippen LogP contribution in [-0.2, 0) is 0 Å². The molecule has 1 atom stereocenters. The fraction of sp³-hybridized carbons (Fsp3) is 1.00. The minimum atomic E-state index is 0.524. The normalized spacial score (nSPS) is 32.6. The lowest BCUT2D eigenvalue weighted by Crippen LogP contribution is -2.47. The van der Waals surface area contributed by atoms with Crippen LogP contribution in [0.3, 0.4) is 0 Å². The summed E-state index contributed by atoms with van der Waals surface area (Å²) >= 11 is 0. The maximum absolute atomic E-state index is 3.78. The van der Waals surface area contributed by atoms with Gasteiger partial charge in [-0.2, -0.15) is 0 Å². The molecular weight excluding hydrogens is 400 g/mol. The van der Waals surface area contributed by atoms with Crippen LogP contribution in [-0.4, -0.2) is 187 Å². The number of hydrogen-bond acceptors (Lipinski definition) is 8. The molecule has 3 aliphatic rings. The summed E-state index contributed by atoms with van der Waals surface area (Å²) in [6.07, 6.45) is 0.